The van der Waals surface area contributed by atoms with E-state index in [1.165, 1.54) is 0 Å². The molecule has 2 aromatic carbocycles. The Morgan fingerprint density at radius 2 is 1.00 bits per heavy atom. The predicted molar refractivity (Wildman–Crippen MR) is 69.2 cm³/mol. The van der Waals surface area contributed by atoms with Crippen LogP contribution in [0.5, 0.6) is 0 Å². The standard InChI is InChI=1S/C14H9NO3/c16-13-11-7-3-1-5-9(11)10-6-2-4-8-12(10)14(17)15(13)18/h1-8,18H. The number of hydrogen-bond donors (Lipinski definition) is 1. The Kier molecular flexibility index (Phi) is 2.16. The zero-order chi connectivity index (χ0) is 12.7. The van der Waals surface area contributed by atoms with Crippen LogP contribution in [0.2, 0.25) is 0 Å². The smallest absolute Gasteiger partial charge is 0.294 e. The molecule has 4 nitrogen and oxygen atoms in total. The fourth-order valence-corrected chi connectivity index (χ4v) is 2.13. The molecule has 1 aromatic heterocycles. The molecular formula is C14H9NO3. The molecule has 1 N–H and O–H groups in total. The molecule has 0 radical (unpaired) electrons. The molecule has 0 spiro atoms. The first kappa shape index (κ1) is 10.5. The van der Waals surface area contributed by atoms with Gasteiger partial charge in [-0.25, -0.2) is 0 Å². The zero-order valence-corrected chi connectivity index (χ0v) is 9.33. The lowest BCUT2D eigenvalue weighted by Gasteiger charge is -1.94. The highest BCUT2D eigenvalue weighted by atomic mass is 16.5. The molecule has 0 aliphatic rings. The lowest BCUT2D eigenvalue weighted by molar-refractivity contribution is 0.169. The molecule has 3 aromatic rings. The highest BCUT2D eigenvalue weighted by Crippen LogP contribution is 2.18. The second kappa shape index (κ2) is 3.70. The van der Waals surface area contributed by atoms with E-state index in [-0.39, 0.29) is 4.73 Å². The highest BCUT2D eigenvalue weighted by Gasteiger charge is 2.08. The van der Waals surface area contributed by atoms with E-state index in [0.717, 1.165) is 0 Å². The van der Waals surface area contributed by atoms with Gasteiger partial charge in [0.15, 0.2) is 0 Å². The third kappa shape index (κ3) is 1.32. The van der Waals surface area contributed by atoms with E-state index in [0.29, 0.717) is 21.5 Å². The van der Waals surface area contributed by atoms with Crippen LogP contribution in [0.4, 0.5) is 0 Å². The summed E-state index contributed by atoms with van der Waals surface area (Å²) in [6.07, 6.45) is 0. The summed E-state index contributed by atoms with van der Waals surface area (Å²) in [4.78, 5) is 23.9. The van der Waals surface area contributed by atoms with Crippen LogP contribution in [-0.4, -0.2) is 9.94 Å². The van der Waals surface area contributed by atoms with E-state index in [2.05, 4.69) is 0 Å². The van der Waals surface area contributed by atoms with Crippen molar-refractivity contribution in [2.45, 2.75) is 0 Å². The van der Waals surface area contributed by atoms with Crippen LogP contribution < -0.4 is 11.1 Å². The molecule has 18 heavy (non-hydrogen) atoms. The van der Waals surface area contributed by atoms with Crippen molar-refractivity contribution >= 4 is 21.5 Å². The first-order valence-electron chi connectivity index (χ1n) is 5.46. The topological polar surface area (TPSA) is 59.3 Å². The monoisotopic (exact) mass is 239 g/mol. The lowest BCUT2D eigenvalue weighted by Crippen LogP contribution is -2.27. The summed E-state index contributed by atoms with van der Waals surface area (Å²) in [5.74, 6) is 0. The molecule has 0 fully saturated rings. The van der Waals surface area contributed by atoms with Crippen molar-refractivity contribution < 1.29 is 5.21 Å². The van der Waals surface area contributed by atoms with Crippen LogP contribution >= 0.6 is 0 Å². The Bertz CT molecular complexity index is 808. The summed E-state index contributed by atoms with van der Waals surface area (Å²) in [6.45, 7) is 0. The molecule has 3 rings (SSSR count). The van der Waals surface area contributed by atoms with Gasteiger partial charge < -0.3 is 5.21 Å². The fraction of sp³-hybridized carbons (Fsp3) is 0. The van der Waals surface area contributed by atoms with Crippen LogP contribution in [-0.2, 0) is 0 Å². The van der Waals surface area contributed by atoms with Gasteiger partial charge >= 0.3 is 0 Å². The van der Waals surface area contributed by atoms with E-state index < -0.39 is 11.1 Å². The van der Waals surface area contributed by atoms with Crippen LogP contribution in [0.1, 0.15) is 0 Å². The van der Waals surface area contributed by atoms with Crippen molar-refractivity contribution in [2.75, 3.05) is 0 Å². The highest BCUT2D eigenvalue weighted by molar-refractivity contribution is 6.05. The molecule has 0 aliphatic carbocycles. The molecule has 0 unspecified atom stereocenters. The number of fused-ring (bicyclic) bond motifs is 3. The second-order valence-electron chi connectivity index (χ2n) is 4.01. The van der Waals surface area contributed by atoms with Crippen molar-refractivity contribution in [1.82, 2.24) is 4.73 Å². The fourth-order valence-electron chi connectivity index (χ4n) is 2.13. The minimum atomic E-state index is -0.702. The van der Waals surface area contributed by atoms with Crippen molar-refractivity contribution in [3.05, 3.63) is 69.2 Å². The molecular weight excluding hydrogens is 230 g/mol. The Morgan fingerprint density at radius 1 is 0.667 bits per heavy atom. The molecule has 88 valence electrons. The van der Waals surface area contributed by atoms with E-state index >= 15 is 0 Å². The maximum absolute atomic E-state index is 12.0. The average molecular weight is 239 g/mol. The number of nitrogens with zero attached hydrogens (tertiary/aromatic N) is 1. The maximum atomic E-state index is 12.0. The van der Waals surface area contributed by atoms with Gasteiger partial charge in [-0.1, -0.05) is 36.4 Å². The zero-order valence-electron chi connectivity index (χ0n) is 9.33. The van der Waals surface area contributed by atoms with Crippen molar-refractivity contribution in [3.8, 4) is 0 Å². The van der Waals surface area contributed by atoms with E-state index in [9.17, 15) is 14.8 Å². The first-order valence-corrected chi connectivity index (χ1v) is 5.46. The van der Waals surface area contributed by atoms with Crippen LogP contribution in [0, 0.1) is 0 Å². The van der Waals surface area contributed by atoms with Crippen LogP contribution in [0.25, 0.3) is 21.5 Å². The Hall–Kier alpha value is -2.62. The lowest BCUT2D eigenvalue weighted by atomic mass is 10.1. The summed E-state index contributed by atoms with van der Waals surface area (Å²) in [5.41, 5.74) is -1.40. The SMILES string of the molecule is O=c1c2ccccc2c2ccccc2c(=O)n1O. The third-order valence-corrected chi connectivity index (χ3v) is 2.99. The largest absolute Gasteiger partial charge is 0.422 e. The van der Waals surface area contributed by atoms with Gasteiger partial charge in [0.05, 0.1) is 10.8 Å². The molecule has 0 saturated carbocycles. The van der Waals surface area contributed by atoms with Crippen molar-refractivity contribution in [2.24, 2.45) is 0 Å². The summed E-state index contributed by atoms with van der Waals surface area (Å²) < 4.78 is 0.171. The Morgan fingerprint density at radius 3 is 1.39 bits per heavy atom. The maximum Gasteiger partial charge on any atom is 0.294 e. The average Bonchev–Trinajstić information content (AvgIpc) is 2.51. The number of benzene rings is 2. The summed E-state index contributed by atoms with van der Waals surface area (Å²) in [7, 11) is 0. The quantitative estimate of drug-likeness (QED) is 0.608. The molecule has 0 saturated heterocycles. The van der Waals surface area contributed by atoms with Crippen molar-refractivity contribution in [3.63, 3.8) is 0 Å². The van der Waals surface area contributed by atoms with E-state index in [1.54, 1.807) is 48.5 Å². The van der Waals surface area contributed by atoms with Crippen LogP contribution in [0.15, 0.2) is 58.1 Å². The van der Waals surface area contributed by atoms with Gasteiger partial charge in [-0.15, -0.1) is 4.73 Å². The molecule has 1 heterocycles. The van der Waals surface area contributed by atoms with Crippen molar-refractivity contribution in [1.29, 1.82) is 0 Å². The summed E-state index contributed by atoms with van der Waals surface area (Å²) in [6, 6.07) is 13.7. The Balaban J connectivity index is 2.86. The summed E-state index contributed by atoms with van der Waals surface area (Å²) in [5, 5.41) is 11.6. The number of aromatic nitrogens is 1. The minimum Gasteiger partial charge on any atom is -0.422 e. The van der Waals surface area contributed by atoms with Gasteiger partial charge in [0, 0.05) is 0 Å². The Labute approximate surface area is 101 Å². The van der Waals surface area contributed by atoms with Crippen LogP contribution in [0.3, 0.4) is 0 Å². The normalized spacial score (nSPS) is 10.9. The van der Waals surface area contributed by atoms with Gasteiger partial charge in [0.25, 0.3) is 11.1 Å². The van der Waals surface area contributed by atoms with Gasteiger partial charge in [0.2, 0.25) is 0 Å². The van der Waals surface area contributed by atoms with Gasteiger partial charge in [-0.3, -0.25) is 9.59 Å². The number of rotatable bonds is 0. The number of hydrogen-bond acceptors (Lipinski definition) is 3. The third-order valence-electron chi connectivity index (χ3n) is 2.99. The second-order valence-corrected chi connectivity index (χ2v) is 4.01. The molecule has 0 aliphatic heterocycles. The molecule has 0 bridgehead atoms. The molecule has 0 amide bonds. The predicted octanol–water partition coefficient (Wildman–Crippen LogP) is 1.75. The van der Waals surface area contributed by atoms with Gasteiger partial charge in [-0.2, -0.15) is 0 Å². The minimum absolute atomic E-state index is 0.171. The summed E-state index contributed by atoms with van der Waals surface area (Å²) >= 11 is 0. The van der Waals surface area contributed by atoms with Gasteiger partial charge in [-0.05, 0) is 22.9 Å². The molecule has 4 heteroatoms. The van der Waals surface area contributed by atoms with E-state index in [1.807, 2.05) is 0 Å². The molecule has 0 atom stereocenters. The van der Waals surface area contributed by atoms with E-state index in [4.69, 9.17) is 0 Å². The first-order chi connectivity index (χ1) is 8.70. The van der Waals surface area contributed by atoms with Gasteiger partial charge in [0.1, 0.15) is 0 Å².